The van der Waals surface area contributed by atoms with Gasteiger partial charge in [0.1, 0.15) is 0 Å². The molecule has 0 saturated carbocycles. The normalized spacial score (nSPS) is 12.9. The number of hydrogen-bond acceptors (Lipinski definition) is 2. The fraction of sp³-hybridized carbons (Fsp3) is 0.111. The maximum Gasteiger partial charge on any atom is 0.231 e. The third-order valence-electron chi connectivity index (χ3n) is 1.57. The third-order valence-corrected chi connectivity index (χ3v) is 2.25. The van der Waals surface area contributed by atoms with Crippen molar-refractivity contribution in [3.63, 3.8) is 0 Å². The monoisotopic (exact) mass is 197 g/mol. The Balaban J connectivity index is 3.06. The summed E-state index contributed by atoms with van der Waals surface area (Å²) >= 11 is 0. The molecule has 1 aromatic carbocycles. The van der Waals surface area contributed by atoms with E-state index >= 15 is 0 Å². The van der Waals surface area contributed by atoms with Crippen LogP contribution in [0, 0.1) is 0 Å². The summed E-state index contributed by atoms with van der Waals surface area (Å²) in [5.74, 6) is 0. The van der Waals surface area contributed by atoms with Crippen molar-refractivity contribution in [2.45, 2.75) is 6.92 Å². The molecule has 0 atom stereocenters. The van der Waals surface area contributed by atoms with Gasteiger partial charge in [0.15, 0.2) is 0 Å². The molecule has 0 aliphatic carbocycles. The summed E-state index contributed by atoms with van der Waals surface area (Å²) in [5.41, 5.74) is 1.50. The highest BCUT2D eigenvalue weighted by atomic mass is 32.2. The van der Waals surface area contributed by atoms with Crippen molar-refractivity contribution in [2.75, 3.05) is 0 Å². The minimum absolute atomic E-state index is 0.642. The van der Waals surface area contributed by atoms with Gasteiger partial charge in [-0.3, -0.25) is 0 Å². The smallest absolute Gasteiger partial charge is 0.225 e. The Morgan fingerprint density at radius 1 is 1.31 bits per heavy atom. The number of allylic oxidation sites excluding steroid dienone is 1. The summed E-state index contributed by atoms with van der Waals surface area (Å²) in [6.07, 6.45) is 0. The average molecular weight is 197 g/mol. The van der Waals surface area contributed by atoms with Gasteiger partial charge < -0.3 is 0 Å². The molecule has 1 aromatic rings. The second-order valence-corrected chi connectivity index (χ2v) is 4.17. The molecule has 0 radical (unpaired) electrons. The zero-order valence-corrected chi connectivity index (χ0v) is 8.08. The molecule has 0 aromatic heterocycles. The molecular formula is C9H11NO2S. The van der Waals surface area contributed by atoms with Crippen molar-refractivity contribution in [2.24, 2.45) is 5.14 Å². The molecule has 0 amide bonds. The SMILES string of the molecule is C/C(=C\S(N)(=O)=O)c1ccccc1. The standard InChI is InChI=1S/C9H11NO2S/c1-8(7-13(10,11)12)9-5-3-2-4-6-9/h2-7H,1H3,(H2,10,11,12)/b8-7+. The third kappa shape index (κ3) is 3.40. The Morgan fingerprint density at radius 2 is 1.85 bits per heavy atom. The number of sulfonamides is 1. The summed E-state index contributed by atoms with van der Waals surface area (Å²) < 4.78 is 21.4. The van der Waals surface area contributed by atoms with Crippen LogP contribution in [0.15, 0.2) is 35.7 Å². The summed E-state index contributed by atoms with van der Waals surface area (Å²) in [6.45, 7) is 1.71. The van der Waals surface area contributed by atoms with E-state index in [9.17, 15) is 8.42 Å². The van der Waals surface area contributed by atoms with E-state index in [4.69, 9.17) is 5.14 Å². The first-order valence-electron chi connectivity index (χ1n) is 3.75. The summed E-state index contributed by atoms with van der Waals surface area (Å²) in [4.78, 5) is 0. The zero-order valence-electron chi connectivity index (χ0n) is 7.27. The van der Waals surface area contributed by atoms with Gasteiger partial charge in [0.05, 0.1) is 0 Å². The number of primary sulfonamides is 1. The minimum Gasteiger partial charge on any atom is -0.225 e. The Kier molecular flexibility index (Phi) is 2.85. The van der Waals surface area contributed by atoms with Crippen LogP contribution >= 0.6 is 0 Å². The highest BCUT2D eigenvalue weighted by molar-refractivity contribution is 7.92. The summed E-state index contributed by atoms with van der Waals surface area (Å²) in [7, 11) is -3.53. The molecule has 2 N–H and O–H groups in total. The van der Waals surface area contributed by atoms with Crippen molar-refractivity contribution in [1.82, 2.24) is 0 Å². The Labute approximate surface area is 77.9 Å². The minimum atomic E-state index is -3.53. The largest absolute Gasteiger partial charge is 0.231 e. The van der Waals surface area contributed by atoms with Crippen molar-refractivity contribution in [3.8, 4) is 0 Å². The van der Waals surface area contributed by atoms with E-state index in [1.165, 1.54) is 0 Å². The predicted octanol–water partition coefficient (Wildman–Crippen LogP) is 1.34. The molecule has 0 aliphatic heterocycles. The van der Waals surface area contributed by atoms with Crippen LogP contribution in [0.4, 0.5) is 0 Å². The van der Waals surface area contributed by atoms with Crippen molar-refractivity contribution >= 4 is 15.6 Å². The fourth-order valence-corrected chi connectivity index (χ4v) is 1.64. The molecule has 0 unspecified atom stereocenters. The van der Waals surface area contributed by atoms with Crippen LogP contribution in [0.1, 0.15) is 12.5 Å². The lowest BCUT2D eigenvalue weighted by Crippen LogP contribution is -2.07. The Morgan fingerprint density at radius 3 is 2.31 bits per heavy atom. The summed E-state index contributed by atoms with van der Waals surface area (Å²) in [6, 6.07) is 9.22. The van der Waals surface area contributed by atoms with Gasteiger partial charge in [-0.25, -0.2) is 13.6 Å². The molecule has 4 heteroatoms. The lowest BCUT2D eigenvalue weighted by Gasteiger charge is -1.99. The van der Waals surface area contributed by atoms with E-state index in [-0.39, 0.29) is 0 Å². The molecule has 1 rings (SSSR count). The van der Waals surface area contributed by atoms with E-state index in [1.54, 1.807) is 6.92 Å². The Hall–Kier alpha value is -1.13. The Bertz CT molecular complexity index is 407. The molecule has 0 fully saturated rings. The molecule has 0 heterocycles. The van der Waals surface area contributed by atoms with Crippen molar-refractivity contribution in [3.05, 3.63) is 41.3 Å². The molecule has 3 nitrogen and oxygen atoms in total. The summed E-state index contributed by atoms with van der Waals surface area (Å²) in [5, 5.41) is 5.93. The molecule has 0 saturated heterocycles. The van der Waals surface area contributed by atoms with Crippen molar-refractivity contribution < 1.29 is 8.42 Å². The van der Waals surface area contributed by atoms with Gasteiger partial charge in [-0.1, -0.05) is 30.3 Å². The van der Waals surface area contributed by atoms with Crippen LogP contribution in [0.3, 0.4) is 0 Å². The van der Waals surface area contributed by atoms with Crippen LogP contribution < -0.4 is 5.14 Å². The second kappa shape index (κ2) is 3.72. The lowest BCUT2D eigenvalue weighted by atomic mass is 10.1. The maximum atomic E-state index is 10.7. The number of nitrogens with two attached hydrogens (primary N) is 1. The van der Waals surface area contributed by atoms with Gasteiger partial charge in [0.25, 0.3) is 0 Å². The number of hydrogen-bond donors (Lipinski definition) is 1. The van der Waals surface area contributed by atoms with Crippen LogP contribution in [0.5, 0.6) is 0 Å². The molecule has 0 bridgehead atoms. The predicted molar refractivity (Wildman–Crippen MR) is 53.2 cm³/mol. The van der Waals surface area contributed by atoms with Gasteiger partial charge in [-0.15, -0.1) is 0 Å². The molecule has 70 valence electrons. The lowest BCUT2D eigenvalue weighted by molar-refractivity contribution is 0.606. The molecule has 0 spiro atoms. The van der Waals surface area contributed by atoms with Gasteiger partial charge >= 0.3 is 0 Å². The highest BCUT2D eigenvalue weighted by Crippen LogP contribution is 2.12. The van der Waals surface area contributed by atoms with E-state index in [2.05, 4.69) is 0 Å². The van der Waals surface area contributed by atoms with Crippen LogP contribution in [0.2, 0.25) is 0 Å². The molecular weight excluding hydrogens is 186 g/mol. The molecule has 13 heavy (non-hydrogen) atoms. The second-order valence-electron chi connectivity index (χ2n) is 2.76. The van der Waals surface area contributed by atoms with Gasteiger partial charge in [0.2, 0.25) is 10.0 Å². The first-order chi connectivity index (χ1) is 5.99. The first kappa shape index (κ1) is 9.95. The quantitative estimate of drug-likeness (QED) is 0.777. The maximum absolute atomic E-state index is 10.7. The molecule has 0 aliphatic rings. The zero-order chi connectivity index (χ0) is 9.90. The number of benzene rings is 1. The van der Waals surface area contributed by atoms with Crippen LogP contribution in [0.25, 0.3) is 5.57 Å². The van der Waals surface area contributed by atoms with Crippen LogP contribution in [-0.2, 0) is 10.0 Å². The number of rotatable bonds is 2. The van der Waals surface area contributed by atoms with Gasteiger partial charge in [-0.2, -0.15) is 0 Å². The van der Waals surface area contributed by atoms with Crippen LogP contribution in [-0.4, -0.2) is 8.42 Å². The van der Waals surface area contributed by atoms with Gasteiger partial charge in [0, 0.05) is 5.41 Å². The van der Waals surface area contributed by atoms with Gasteiger partial charge in [-0.05, 0) is 18.1 Å². The van der Waals surface area contributed by atoms with E-state index in [0.29, 0.717) is 5.57 Å². The average Bonchev–Trinajstić information content (AvgIpc) is 2.03. The van der Waals surface area contributed by atoms with E-state index < -0.39 is 10.0 Å². The van der Waals surface area contributed by atoms with Crippen molar-refractivity contribution in [1.29, 1.82) is 0 Å². The highest BCUT2D eigenvalue weighted by Gasteiger charge is 1.99. The van der Waals surface area contributed by atoms with E-state index in [0.717, 1.165) is 11.0 Å². The topological polar surface area (TPSA) is 60.2 Å². The first-order valence-corrected chi connectivity index (χ1v) is 5.36. The van der Waals surface area contributed by atoms with E-state index in [1.807, 2.05) is 30.3 Å². The fourth-order valence-electron chi connectivity index (χ4n) is 1.02.